The van der Waals surface area contributed by atoms with Gasteiger partial charge in [-0.25, -0.2) is 4.39 Å². The number of carbonyl (C=O) groups excluding carboxylic acids is 1. The van der Waals surface area contributed by atoms with Crippen LogP contribution in [0, 0.1) is 11.7 Å². The molecule has 0 saturated heterocycles. The van der Waals surface area contributed by atoms with Gasteiger partial charge >= 0.3 is 0 Å². The smallest absolute Gasteiger partial charge is 0.230 e. The molecule has 0 radical (unpaired) electrons. The lowest BCUT2D eigenvalue weighted by Gasteiger charge is -2.29. The van der Waals surface area contributed by atoms with E-state index in [1.54, 1.807) is 6.07 Å². The maximum absolute atomic E-state index is 12.9. The maximum atomic E-state index is 12.9. The molecule has 110 valence electrons. The first-order chi connectivity index (χ1) is 9.56. The van der Waals surface area contributed by atoms with Crippen molar-refractivity contribution < 1.29 is 9.18 Å². The fourth-order valence-electron chi connectivity index (χ4n) is 2.57. The molecule has 0 spiro atoms. The lowest BCUT2D eigenvalue weighted by Crippen LogP contribution is -2.41. The Hall–Kier alpha value is -1.23. The van der Waals surface area contributed by atoms with E-state index in [9.17, 15) is 9.18 Å². The third-order valence-corrected chi connectivity index (χ3v) is 4.88. The topological polar surface area (TPSA) is 55.1 Å². The first-order valence-corrected chi connectivity index (χ1v) is 8.02. The molecule has 3 N–H and O–H groups in total. The van der Waals surface area contributed by atoms with Crippen LogP contribution in [0.4, 0.5) is 10.1 Å². The van der Waals surface area contributed by atoms with Gasteiger partial charge in [0.2, 0.25) is 5.91 Å². The van der Waals surface area contributed by atoms with Crippen LogP contribution in [0.3, 0.4) is 0 Å². The predicted molar refractivity (Wildman–Crippen MR) is 81.1 cm³/mol. The number of thioether (sulfide) groups is 1. The number of halogens is 1. The molecule has 1 aromatic carbocycles. The summed E-state index contributed by atoms with van der Waals surface area (Å²) in [7, 11) is 0. The van der Waals surface area contributed by atoms with Gasteiger partial charge in [-0.15, -0.1) is 11.8 Å². The summed E-state index contributed by atoms with van der Waals surface area (Å²) in [5.74, 6) is 0.539. The molecule has 1 aromatic rings. The van der Waals surface area contributed by atoms with Crippen LogP contribution in [0.5, 0.6) is 0 Å². The molecule has 0 aromatic heterocycles. The van der Waals surface area contributed by atoms with Crippen LogP contribution in [-0.4, -0.2) is 17.7 Å². The molecule has 1 aliphatic carbocycles. The van der Waals surface area contributed by atoms with Gasteiger partial charge in [-0.3, -0.25) is 4.79 Å². The van der Waals surface area contributed by atoms with Crippen molar-refractivity contribution in [1.82, 2.24) is 5.32 Å². The van der Waals surface area contributed by atoms with E-state index in [1.165, 1.54) is 43.2 Å². The van der Waals surface area contributed by atoms with E-state index in [0.29, 0.717) is 23.4 Å². The molecular weight excluding hydrogens is 275 g/mol. The van der Waals surface area contributed by atoms with E-state index in [0.717, 1.165) is 11.3 Å². The highest BCUT2D eigenvalue weighted by atomic mass is 32.2. The zero-order valence-electron chi connectivity index (χ0n) is 11.7. The molecular formula is C15H21FN2OS. The number of nitrogens with two attached hydrogens (primary N) is 1. The molecule has 0 heterocycles. The van der Waals surface area contributed by atoms with Crippen molar-refractivity contribution in [3.05, 3.63) is 24.0 Å². The molecule has 1 amide bonds. The molecule has 0 aliphatic heterocycles. The minimum atomic E-state index is -0.354. The number of benzene rings is 1. The molecule has 5 heteroatoms. The average molecular weight is 296 g/mol. The molecule has 1 fully saturated rings. The molecule has 1 saturated carbocycles. The van der Waals surface area contributed by atoms with Gasteiger partial charge in [-0.05, 0) is 37.0 Å². The number of rotatable bonds is 4. The Morgan fingerprint density at radius 2 is 2.20 bits per heavy atom. The Labute approximate surface area is 123 Å². The largest absolute Gasteiger partial charge is 0.398 e. The van der Waals surface area contributed by atoms with Crippen molar-refractivity contribution >= 4 is 23.4 Å². The maximum Gasteiger partial charge on any atom is 0.230 e. The van der Waals surface area contributed by atoms with Gasteiger partial charge < -0.3 is 11.1 Å². The number of anilines is 1. The van der Waals surface area contributed by atoms with Crippen molar-refractivity contribution in [3.8, 4) is 0 Å². The minimum Gasteiger partial charge on any atom is -0.398 e. The SMILES string of the molecule is CC1CCCCC1NC(=O)CSc1ccc(F)cc1N. The quantitative estimate of drug-likeness (QED) is 0.662. The summed E-state index contributed by atoms with van der Waals surface area (Å²) in [5, 5.41) is 3.10. The van der Waals surface area contributed by atoms with Crippen molar-refractivity contribution in [2.24, 2.45) is 5.92 Å². The number of nitrogens with one attached hydrogen (secondary N) is 1. The summed E-state index contributed by atoms with van der Waals surface area (Å²) in [6, 6.07) is 4.55. The van der Waals surface area contributed by atoms with E-state index in [-0.39, 0.29) is 11.7 Å². The Morgan fingerprint density at radius 1 is 1.45 bits per heavy atom. The predicted octanol–water partition coefficient (Wildman–Crippen LogP) is 3.19. The van der Waals surface area contributed by atoms with Crippen LogP contribution in [0.1, 0.15) is 32.6 Å². The molecule has 2 rings (SSSR count). The van der Waals surface area contributed by atoms with Crippen LogP contribution >= 0.6 is 11.8 Å². The Kier molecular flexibility index (Phi) is 5.29. The zero-order valence-corrected chi connectivity index (χ0v) is 12.5. The summed E-state index contributed by atoms with van der Waals surface area (Å²) in [5.41, 5.74) is 6.10. The van der Waals surface area contributed by atoms with Crippen molar-refractivity contribution in [3.63, 3.8) is 0 Å². The number of carbonyl (C=O) groups is 1. The summed E-state index contributed by atoms with van der Waals surface area (Å²) in [6.07, 6.45) is 4.70. The van der Waals surface area contributed by atoms with Crippen molar-refractivity contribution in [2.75, 3.05) is 11.5 Å². The second kappa shape index (κ2) is 6.97. The third kappa shape index (κ3) is 4.13. The normalized spacial score (nSPS) is 22.5. The summed E-state index contributed by atoms with van der Waals surface area (Å²) in [4.78, 5) is 12.7. The highest BCUT2D eigenvalue weighted by Gasteiger charge is 2.22. The summed E-state index contributed by atoms with van der Waals surface area (Å²) >= 11 is 1.35. The number of hydrogen-bond donors (Lipinski definition) is 2. The van der Waals surface area contributed by atoms with Gasteiger partial charge in [0.15, 0.2) is 0 Å². The molecule has 3 nitrogen and oxygen atoms in total. The van der Waals surface area contributed by atoms with Crippen LogP contribution in [-0.2, 0) is 4.79 Å². The zero-order chi connectivity index (χ0) is 14.5. The Bertz CT molecular complexity index is 481. The van der Waals surface area contributed by atoms with Gasteiger partial charge in [0.05, 0.1) is 5.75 Å². The first kappa shape index (κ1) is 15.2. The van der Waals surface area contributed by atoms with E-state index in [2.05, 4.69) is 12.2 Å². The Balaban J connectivity index is 1.82. The van der Waals surface area contributed by atoms with Crippen LogP contribution in [0.25, 0.3) is 0 Å². The molecule has 2 atom stereocenters. The molecule has 0 bridgehead atoms. The third-order valence-electron chi connectivity index (χ3n) is 3.79. The number of hydrogen-bond acceptors (Lipinski definition) is 3. The van der Waals surface area contributed by atoms with Crippen molar-refractivity contribution in [1.29, 1.82) is 0 Å². The van der Waals surface area contributed by atoms with E-state index in [1.807, 2.05) is 0 Å². The fourth-order valence-corrected chi connectivity index (χ4v) is 3.33. The van der Waals surface area contributed by atoms with E-state index < -0.39 is 0 Å². The molecule has 1 aliphatic rings. The Morgan fingerprint density at radius 3 is 2.90 bits per heavy atom. The highest BCUT2D eigenvalue weighted by Crippen LogP contribution is 2.26. The van der Waals surface area contributed by atoms with Crippen LogP contribution in [0.2, 0.25) is 0 Å². The van der Waals surface area contributed by atoms with Gasteiger partial charge in [0, 0.05) is 16.6 Å². The highest BCUT2D eigenvalue weighted by molar-refractivity contribution is 8.00. The van der Waals surface area contributed by atoms with Gasteiger partial charge in [0.25, 0.3) is 0 Å². The van der Waals surface area contributed by atoms with E-state index >= 15 is 0 Å². The standard InChI is InChI=1S/C15H21FN2OS/c1-10-4-2-3-5-13(10)18-15(19)9-20-14-7-6-11(16)8-12(14)17/h6-8,10,13H,2-5,9,17H2,1H3,(H,18,19). The van der Waals surface area contributed by atoms with Crippen LogP contribution < -0.4 is 11.1 Å². The average Bonchev–Trinajstić information content (AvgIpc) is 2.40. The first-order valence-electron chi connectivity index (χ1n) is 7.03. The second-order valence-corrected chi connectivity index (χ2v) is 6.42. The lowest BCUT2D eigenvalue weighted by atomic mass is 9.86. The van der Waals surface area contributed by atoms with Gasteiger partial charge in [-0.1, -0.05) is 19.8 Å². The molecule has 2 unspecified atom stereocenters. The second-order valence-electron chi connectivity index (χ2n) is 5.41. The number of nitrogen functional groups attached to an aromatic ring is 1. The molecule has 20 heavy (non-hydrogen) atoms. The minimum absolute atomic E-state index is 0.0254. The van der Waals surface area contributed by atoms with E-state index in [4.69, 9.17) is 5.73 Å². The lowest BCUT2D eigenvalue weighted by molar-refractivity contribution is -0.119. The van der Waals surface area contributed by atoms with Crippen LogP contribution in [0.15, 0.2) is 23.1 Å². The fraction of sp³-hybridized carbons (Fsp3) is 0.533. The van der Waals surface area contributed by atoms with Gasteiger partial charge in [-0.2, -0.15) is 0 Å². The summed E-state index contributed by atoms with van der Waals surface area (Å²) in [6.45, 7) is 2.19. The van der Waals surface area contributed by atoms with Gasteiger partial charge in [0.1, 0.15) is 5.82 Å². The number of amides is 1. The summed E-state index contributed by atoms with van der Waals surface area (Å²) < 4.78 is 12.9. The monoisotopic (exact) mass is 296 g/mol. The van der Waals surface area contributed by atoms with Crippen molar-refractivity contribution in [2.45, 2.75) is 43.5 Å².